The summed E-state index contributed by atoms with van der Waals surface area (Å²) >= 11 is 4.26. The zero-order chi connectivity index (χ0) is 82.2. The number of nitrogens with zero attached hydrogens (tertiary/aromatic N) is 1. The number of hydrogen-bond acceptors (Lipinski definition) is 23. The summed E-state index contributed by atoms with van der Waals surface area (Å²) in [4.78, 5) is 205. The van der Waals surface area contributed by atoms with E-state index in [4.69, 9.17) is 28.7 Å². The molecule has 0 aliphatic carbocycles. The highest BCUT2D eigenvalue weighted by molar-refractivity contribution is 7.80. The van der Waals surface area contributed by atoms with Crippen LogP contribution in [0.5, 0.6) is 5.75 Å². The van der Waals surface area contributed by atoms with Crippen LogP contribution >= 0.6 is 12.6 Å². The fourth-order valence-corrected chi connectivity index (χ4v) is 11.9. The first-order valence-corrected chi connectivity index (χ1v) is 38.0. The Morgan fingerprint density at radius 2 is 0.890 bits per heavy atom. The van der Waals surface area contributed by atoms with E-state index in [-0.39, 0.29) is 93.8 Å². The molecule has 1 aliphatic rings. The zero-order valence-corrected chi connectivity index (χ0v) is 65.2. The monoisotopic (exact) mass is 1560 g/mol. The van der Waals surface area contributed by atoms with E-state index in [0.717, 1.165) is 0 Å². The van der Waals surface area contributed by atoms with E-state index >= 15 is 0 Å². The van der Waals surface area contributed by atoms with E-state index in [1.54, 1.807) is 55.4 Å². The van der Waals surface area contributed by atoms with Crippen molar-refractivity contribution in [2.75, 3.05) is 58.2 Å². The SMILES string of the molecule is CC(C)C[C@H](NC(=O)[C@H](CCCCN)NC(=O)[C@H](CCCCN)NC(=O)[C@H](CC(C)C)NC(=O)[C@H](Cc1ccc(O)cc1)NC(=O)[C@@H](N)CO)C(=O)N[C@@H](CS)C(=O)NCC(=O)N[C@H](C(=O)N[C@H](C(=O)N[C@@H](CC(C)C)C(=O)NCC(=O)NCC(=O)N1CCC[C@H]1C(=O)N[C@@H](CCCCN)C(N)=O)C(C)C)[C@@H](C)O. The molecule has 1 aromatic carbocycles. The quantitative estimate of drug-likeness (QED) is 0.0214. The fraction of sp³-hybridized carbons (Fsp3) is 0.704. The summed E-state index contributed by atoms with van der Waals surface area (Å²) in [7, 11) is 0. The van der Waals surface area contributed by atoms with Gasteiger partial charge in [-0.3, -0.25) is 71.9 Å². The number of aliphatic hydroxyl groups excluding tert-OH is 2. The van der Waals surface area contributed by atoms with Gasteiger partial charge in [-0.15, -0.1) is 0 Å². The van der Waals surface area contributed by atoms with Crippen LogP contribution in [-0.4, -0.2) is 246 Å². The topological polar surface area (TPSA) is 606 Å². The number of hydrogen-bond donors (Lipinski definition) is 22. The summed E-state index contributed by atoms with van der Waals surface area (Å²) in [5.74, 6) is -13.9. The van der Waals surface area contributed by atoms with Gasteiger partial charge in [-0.25, -0.2) is 0 Å². The molecule has 37 nitrogen and oxygen atoms in total. The Bertz CT molecular complexity index is 3150. The van der Waals surface area contributed by atoms with Gasteiger partial charge in [0.15, 0.2) is 0 Å². The van der Waals surface area contributed by atoms with Gasteiger partial charge in [-0.05, 0) is 158 Å². The molecule has 13 atom stereocenters. The minimum Gasteiger partial charge on any atom is -0.508 e. The van der Waals surface area contributed by atoms with Gasteiger partial charge in [0.1, 0.15) is 78.3 Å². The Hall–Kier alpha value is -8.82. The smallest absolute Gasteiger partial charge is 0.245 e. The summed E-state index contributed by atoms with van der Waals surface area (Å²) < 4.78 is 0. The third kappa shape index (κ3) is 36.1. The molecule has 616 valence electrons. The normalized spacial score (nSPS) is 16.0. The molecule has 0 unspecified atom stereocenters. The minimum atomic E-state index is -1.73. The Morgan fingerprint density at radius 3 is 1.34 bits per heavy atom. The molecule has 0 radical (unpaired) electrons. The van der Waals surface area contributed by atoms with E-state index in [1.807, 2.05) is 0 Å². The number of primary amides is 1. The van der Waals surface area contributed by atoms with E-state index in [1.165, 1.54) is 36.1 Å². The summed E-state index contributed by atoms with van der Waals surface area (Å²) in [6, 6.07) is -9.83. The van der Waals surface area contributed by atoms with Crippen LogP contribution in [0.25, 0.3) is 0 Å². The number of thiol groups is 1. The number of rotatable bonds is 52. The Labute approximate surface area is 643 Å². The van der Waals surface area contributed by atoms with Gasteiger partial charge in [-0.1, -0.05) is 67.5 Å². The largest absolute Gasteiger partial charge is 0.508 e. The average Bonchev–Trinajstić information content (AvgIpc) is 1.82. The molecule has 1 aliphatic heterocycles. The van der Waals surface area contributed by atoms with Crippen molar-refractivity contribution in [1.29, 1.82) is 0 Å². The first-order chi connectivity index (χ1) is 51.4. The lowest BCUT2D eigenvalue weighted by molar-refractivity contribution is -0.139. The molecule has 0 bridgehead atoms. The van der Waals surface area contributed by atoms with Crippen LogP contribution < -0.4 is 97.8 Å². The van der Waals surface area contributed by atoms with Gasteiger partial charge in [0.05, 0.1) is 32.3 Å². The summed E-state index contributed by atoms with van der Waals surface area (Å²) in [5.41, 5.74) is 28.9. The second kappa shape index (κ2) is 50.8. The molecule has 0 spiro atoms. The summed E-state index contributed by atoms with van der Waals surface area (Å²) in [6.45, 7) is 13.3. The molecular weight excluding hydrogens is 1440 g/mol. The number of amides is 15. The first-order valence-electron chi connectivity index (χ1n) is 37.4. The molecule has 26 N–H and O–H groups in total. The summed E-state index contributed by atoms with van der Waals surface area (Å²) in [5, 5.41) is 63.3. The van der Waals surface area contributed by atoms with E-state index in [9.17, 15) is 87.2 Å². The van der Waals surface area contributed by atoms with E-state index < -0.39 is 199 Å². The van der Waals surface area contributed by atoms with Gasteiger partial charge in [-0.2, -0.15) is 12.6 Å². The van der Waals surface area contributed by atoms with Crippen molar-refractivity contribution in [2.24, 2.45) is 52.3 Å². The second-order valence-electron chi connectivity index (χ2n) is 28.9. The average molecular weight is 1560 g/mol. The molecule has 2 rings (SSSR count). The number of benzene rings is 1. The Balaban J connectivity index is 2.21. The highest BCUT2D eigenvalue weighted by Crippen LogP contribution is 2.20. The number of unbranched alkanes of at least 4 members (excludes halogenated alkanes) is 3. The lowest BCUT2D eigenvalue weighted by atomic mass is 9.99. The van der Waals surface area contributed by atoms with Gasteiger partial charge in [0.2, 0.25) is 88.6 Å². The standard InChI is InChI=1S/C71H123N19O18S/c1-38(2)29-49(62(99)78-33-55(94)77-35-57(96)90-28-16-20-54(90)69(106)80-46(60(76)97)17-10-13-25-72)86-70(107)58(41(7)8)89-71(108)59(42(9)92)88-56(95)34-79-63(100)53(37-109)87-67(104)51(31-40(5)6)84-65(102)48(19-12-15-27-74)81-64(101)47(18-11-14-26-73)82-66(103)50(30-39(3)4)85-68(105)52(83-61(98)45(75)36-91)32-43-21-23-44(93)24-22-43/h21-24,38-42,45-54,58-59,91-93,109H,10-20,25-37,72-75H2,1-9H3,(H2,76,97)(H,77,94)(H,78,99)(H,79,100)(H,80,106)(H,81,101)(H,82,103)(H,83,98)(H,84,102)(H,85,105)(H,86,107)(H,87,104)(H,88,95)(H,89,108)/t42-,45+,46+,47+,48+,49+,50+,51+,52+,53+,54+,58+,59+/m1/s1. The van der Waals surface area contributed by atoms with Crippen LogP contribution in [-0.2, 0) is 78.3 Å². The molecule has 1 fully saturated rings. The van der Waals surface area contributed by atoms with Gasteiger partial charge in [0.25, 0.3) is 0 Å². The fourth-order valence-electron chi connectivity index (χ4n) is 11.6. The number of nitrogens with one attached hydrogen (secondary N) is 13. The molecule has 109 heavy (non-hydrogen) atoms. The van der Waals surface area contributed by atoms with Gasteiger partial charge < -0.3 is 118 Å². The molecular formula is C71H123N19O18S. The number of aromatic hydroxyl groups is 1. The number of phenolic OH excluding ortho intramolecular Hbond substituents is 1. The predicted octanol–water partition coefficient (Wildman–Crippen LogP) is -5.58. The van der Waals surface area contributed by atoms with Crippen LogP contribution in [0.1, 0.15) is 158 Å². The maximum absolute atomic E-state index is 14.4. The van der Waals surface area contributed by atoms with Crippen molar-refractivity contribution >= 4 is 101 Å². The van der Waals surface area contributed by atoms with Gasteiger partial charge >= 0.3 is 0 Å². The highest BCUT2D eigenvalue weighted by Gasteiger charge is 2.39. The van der Waals surface area contributed by atoms with Crippen molar-refractivity contribution in [3.63, 3.8) is 0 Å². The van der Waals surface area contributed by atoms with Crippen molar-refractivity contribution in [3.8, 4) is 5.75 Å². The van der Waals surface area contributed by atoms with Crippen molar-refractivity contribution in [1.82, 2.24) is 74.0 Å². The number of carbonyl (C=O) groups is 15. The van der Waals surface area contributed by atoms with E-state index in [2.05, 4.69) is 81.7 Å². The predicted molar refractivity (Wildman–Crippen MR) is 407 cm³/mol. The van der Waals surface area contributed by atoms with E-state index in [0.29, 0.717) is 63.5 Å². The number of nitrogens with two attached hydrogens (primary N) is 5. The molecule has 1 saturated heterocycles. The third-order valence-corrected chi connectivity index (χ3v) is 18.0. The number of aliphatic hydroxyl groups is 2. The molecule has 1 heterocycles. The van der Waals surface area contributed by atoms with Crippen LogP contribution in [0.15, 0.2) is 24.3 Å². The van der Waals surface area contributed by atoms with Gasteiger partial charge in [0, 0.05) is 18.7 Å². The minimum absolute atomic E-state index is 0.00794. The lowest BCUT2D eigenvalue weighted by Gasteiger charge is -2.29. The lowest BCUT2D eigenvalue weighted by Crippen LogP contribution is -2.61. The second-order valence-corrected chi connectivity index (χ2v) is 29.3. The van der Waals surface area contributed by atoms with Crippen LogP contribution in [0.2, 0.25) is 0 Å². The summed E-state index contributed by atoms with van der Waals surface area (Å²) in [6.07, 6.45) is 2.15. The zero-order valence-electron chi connectivity index (χ0n) is 64.3. The Kier molecular flexibility index (Phi) is 44.9. The molecule has 38 heteroatoms. The number of likely N-dealkylation sites (tertiary alicyclic amines) is 1. The molecule has 1 aromatic rings. The molecule has 0 saturated carbocycles. The van der Waals surface area contributed by atoms with Crippen LogP contribution in [0, 0.1) is 23.7 Å². The molecule has 0 aromatic heterocycles. The highest BCUT2D eigenvalue weighted by atomic mass is 32.1. The van der Waals surface area contributed by atoms with Crippen molar-refractivity contribution < 1.29 is 87.2 Å². The first kappa shape index (κ1) is 96.3. The molecule has 15 amide bonds. The Morgan fingerprint density at radius 1 is 0.477 bits per heavy atom. The maximum Gasteiger partial charge on any atom is 0.245 e. The maximum atomic E-state index is 14.4. The van der Waals surface area contributed by atoms with Crippen LogP contribution in [0.3, 0.4) is 0 Å². The van der Waals surface area contributed by atoms with Crippen molar-refractivity contribution in [2.45, 2.75) is 237 Å². The van der Waals surface area contributed by atoms with Crippen LogP contribution in [0.4, 0.5) is 0 Å². The number of carbonyl (C=O) groups excluding carboxylic acids is 15. The third-order valence-electron chi connectivity index (χ3n) is 17.6. The number of phenols is 1. The van der Waals surface area contributed by atoms with Crippen molar-refractivity contribution in [3.05, 3.63) is 29.8 Å².